The molecule has 2 fully saturated rings. The predicted molar refractivity (Wildman–Crippen MR) is 89.0 cm³/mol. The molecule has 3 rings (SSSR count). The van der Waals surface area contributed by atoms with Crippen LogP contribution >= 0.6 is 0 Å². The second kappa shape index (κ2) is 7.25. The number of aliphatic carboxylic acids is 1. The van der Waals surface area contributed by atoms with E-state index in [1.807, 2.05) is 31.7 Å². The Hall–Kier alpha value is -2.38. The van der Waals surface area contributed by atoms with Crippen molar-refractivity contribution in [3.8, 4) is 0 Å². The van der Waals surface area contributed by atoms with Gasteiger partial charge in [0.2, 0.25) is 5.91 Å². The molecule has 2 aliphatic heterocycles. The highest BCUT2D eigenvalue weighted by Gasteiger charge is 2.60. The molecule has 25 heavy (non-hydrogen) atoms. The van der Waals surface area contributed by atoms with E-state index in [-0.39, 0.29) is 31.0 Å². The molecule has 1 aromatic rings. The third-order valence-electron chi connectivity index (χ3n) is 5.47. The maximum absolute atomic E-state index is 12.7. The lowest BCUT2D eigenvalue weighted by Gasteiger charge is -2.32. The van der Waals surface area contributed by atoms with Crippen molar-refractivity contribution in [3.63, 3.8) is 0 Å². The van der Waals surface area contributed by atoms with Crippen LogP contribution in [0.5, 0.6) is 0 Å². The lowest BCUT2D eigenvalue weighted by atomic mass is 9.72. The largest absolute Gasteiger partial charge is 0.483 e. The molecule has 0 aliphatic carbocycles. The lowest BCUT2D eigenvalue weighted by molar-refractivity contribution is -0.152. The van der Waals surface area contributed by atoms with E-state index in [0.29, 0.717) is 12.8 Å². The summed E-state index contributed by atoms with van der Waals surface area (Å²) in [6, 6.07) is 1.86. The average molecular weight is 351 g/mol. The molecule has 8 heteroatoms. The van der Waals surface area contributed by atoms with Crippen molar-refractivity contribution >= 4 is 18.3 Å². The number of carboxylic acids is 1. The molecule has 138 valence electrons. The summed E-state index contributed by atoms with van der Waals surface area (Å²) in [6.45, 7) is 5.70. The molecule has 1 amide bonds. The maximum atomic E-state index is 12.7. The number of aromatic nitrogens is 2. The fourth-order valence-corrected chi connectivity index (χ4v) is 4.37. The third-order valence-corrected chi connectivity index (χ3v) is 5.47. The SMILES string of the molecule is CC[C@@]1(C(=O)O)C[C@@H]2CC[C@H]1N2C(=O)Cn1nc(C)cc1C.O=CO. The summed E-state index contributed by atoms with van der Waals surface area (Å²) in [6.07, 6.45) is 2.88. The Bertz CT molecular complexity index is 671. The summed E-state index contributed by atoms with van der Waals surface area (Å²) in [4.78, 5) is 34.7. The van der Waals surface area contributed by atoms with Gasteiger partial charge in [-0.1, -0.05) is 6.92 Å². The molecule has 3 atom stereocenters. The van der Waals surface area contributed by atoms with Crippen molar-refractivity contribution in [2.24, 2.45) is 5.41 Å². The van der Waals surface area contributed by atoms with Crippen LogP contribution in [0.1, 0.15) is 44.0 Å². The van der Waals surface area contributed by atoms with E-state index in [9.17, 15) is 14.7 Å². The van der Waals surface area contributed by atoms with Crippen molar-refractivity contribution in [3.05, 3.63) is 17.5 Å². The highest BCUT2D eigenvalue weighted by atomic mass is 16.4. The molecule has 2 aliphatic rings. The van der Waals surface area contributed by atoms with Gasteiger partial charge in [0.15, 0.2) is 0 Å². The molecule has 0 saturated carbocycles. The number of rotatable bonds is 4. The van der Waals surface area contributed by atoms with Gasteiger partial charge in [-0.15, -0.1) is 0 Å². The second-order valence-electron chi connectivity index (χ2n) is 6.76. The van der Waals surface area contributed by atoms with Crippen LogP contribution in [0, 0.1) is 19.3 Å². The first-order valence-corrected chi connectivity index (χ1v) is 8.44. The van der Waals surface area contributed by atoms with Crippen molar-refractivity contribution in [2.45, 2.75) is 65.1 Å². The number of carboxylic acid groups (broad SMARTS) is 2. The minimum atomic E-state index is -0.758. The highest BCUT2D eigenvalue weighted by molar-refractivity contribution is 5.82. The fraction of sp³-hybridized carbons (Fsp3) is 0.647. The van der Waals surface area contributed by atoms with E-state index in [4.69, 9.17) is 9.90 Å². The molecular weight excluding hydrogens is 326 g/mol. The molecule has 1 aromatic heterocycles. The summed E-state index contributed by atoms with van der Waals surface area (Å²) < 4.78 is 1.71. The van der Waals surface area contributed by atoms with Crippen LogP contribution in [0.4, 0.5) is 0 Å². The van der Waals surface area contributed by atoms with E-state index in [2.05, 4.69) is 5.10 Å². The summed E-state index contributed by atoms with van der Waals surface area (Å²) in [7, 11) is 0. The second-order valence-corrected chi connectivity index (χ2v) is 6.76. The Morgan fingerprint density at radius 3 is 2.48 bits per heavy atom. The van der Waals surface area contributed by atoms with Crippen molar-refractivity contribution in [1.29, 1.82) is 0 Å². The zero-order valence-electron chi connectivity index (χ0n) is 14.8. The van der Waals surface area contributed by atoms with Gasteiger partial charge in [-0.2, -0.15) is 5.10 Å². The predicted octanol–water partition coefficient (Wildman–Crippen LogP) is 1.45. The highest BCUT2D eigenvalue weighted by Crippen LogP contribution is 2.51. The van der Waals surface area contributed by atoms with Crippen LogP contribution in [-0.4, -0.2) is 55.3 Å². The van der Waals surface area contributed by atoms with Gasteiger partial charge in [0.05, 0.1) is 11.1 Å². The van der Waals surface area contributed by atoms with Crippen LogP contribution in [0.25, 0.3) is 0 Å². The van der Waals surface area contributed by atoms with E-state index in [1.165, 1.54) is 0 Å². The number of hydrogen-bond donors (Lipinski definition) is 2. The minimum Gasteiger partial charge on any atom is -0.483 e. The number of hydrogen-bond acceptors (Lipinski definition) is 4. The molecular formula is C17H25N3O5. The zero-order chi connectivity index (χ0) is 18.8. The van der Waals surface area contributed by atoms with Crippen LogP contribution in [0.15, 0.2) is 6.07 Å². The van der Waals surface area contributed by atoms with Gasteiger partial charge >= 0.3 is 5.97 Å². The number of amides is 1. The summed E-state index contributed by atoms with van der Waals surface area (Å²) >= 11 is 0. The van der Waals surface area contributed by atoms with Gasteiger partial charge in [-0.05, 0) is 45.6 Å². The molecule has 3 heterocycles. The molecule has 8 nitrogen and oxygen atoms in total. The number of aryl methyl sites for hydroxylation is 2. The molecule has 2 bridgehead atoms. The first kappa shape index (κ1) is 19.0. The molecule has 0 aromatic carbocycles. The smallest absolute Gasteiger partial charge is 0.311 e. The minimum absolute atomic E-state index is 0.00437. The standard InChI is InChI=1S/C16H23N3O3.CH2O2/c1-4-16(15(21)22)8-12-5-6-13(16)19(12)14(20)9-18-11(3)7-10(2)17-18;2-1-3/h7,12-13H,4-6,8-9H2,1-3H3,(H,21,22);1H,(H,2,3)/t12-,13+,16+;/m0./s1. The van der Waals surface area contributed by atoms with E-state index < -0.39 is 11.4 Å². The monoisotopic (exact) mass is 351 g/mol. The van der Waals surface area contributed by atoms with Gasteiger partial charge in [0.1, 0.15) is 6.54 Å². The first-order valence-electron chi connectivity index (χ1n) is 8.44. The third kappa shape index (κ3) is 3.25. The summed E-state index contributed by atoms with van der Waals surface area (Å²) in [5, 5.41) is 20.9. The van der Waals surface area contributed by atoms with Gasteiger partial charge < -0.3 is 15.1 Å². The molecule has 2 N–H and O–H groups in total. The lowest BCUT2D eigenvalue weighted by Crippen LogP contribution is -2.45. The Labute approximate surface area is 146 Å². The number of nitrogens with zero attached hydrogens (tertiary/aromatic N) is 3. The molecule has 0 radical (unpaired) electrons. The van der Waals surface area contributed by atoms with Gasteiger partial charge in [-0.25, -0.2) is 0 Å². The Kier molecular flexibility index (Phi) is 5.49. The normalized spacial score (nSPS) is 26.9. The summed E-state index contributed by atoms with van der Waals surface area (Å²) in [5.74, 6) is -0.763. The zero-order valence-corrected chi connectivity index (χ0v) is 14.8. The van der Waals surface area contributed by atoms with Crippen LogP contribution < -0.4 is 0 Å². The number of carbonyl (C=O) groups is 3. The number of carbonyl (C=O) groups excluding carboxylic acids is 1. The van der Waals surface area contributed by atoms with E-state index in [0.717, 1.165) is 24.2 Å². The van der Waals surface area contributed by atoms with Gasteiger partial charge in [0.25, 0.3) is 6.47 Å². The quantitative estimate of drug-likeness (QED) is 0.794. The summed E-state index contributed by atoms with van der Waals surface area (Å²) in [5.41, 5.74) is 1.09. The van der Waals surface area contributed by atoms with E-state index >= 15 is 0 Å². The van der Waals surface area contributed by atoms with Crippen molar-refractivity contribution in [1.82, 2.24) is 14.7 Å². The average Bonchev–Trinajstić information content (AvgIpc) is 3.19. The molecule has 0 spiro atoms. The Balaban J connectivity index is 0.000000701. The van der Waals surface area contributed by atoms with Crippen molar-refractivity contribution in [2.75, 3.05) is 0 Å². The van der Waals surface area contributed by atoms with Crippen LogP contribution in [0.2, 0.25) is 0 Å². The van der Waals surface area contributed by atoms with Crippen LogP contribution in [-0.2, 0) is 20.9 Å². The maximum Gasteiger partial charge on any atom is 0.311 e. The molecule has 0 unspecified atom stereocenters. The topological polar surface area (TPSA) is 113 Å². The van der Waals surface area contributed by atoms with Gasteiger partial charge in [0, 0.05) is 17.8 Å². The fourth-order valence-electron chi connectivity index (χ4n) is 4.37. The van der Waals surface area contributed by atoms with Gasteiger partial charge in [-0.3, -0.25) is 19.1 Å². The van der Waals surface area contributed by atoms with Crippen molar-refractivity contribution < 1.29 is 24.6 Å². The number of fused-ring (bicyclic) bond motifs is 2. The first-order chi connectivity index (χ1) is 11.8. The van der Waals surface area contributed by atoms with Crippen LogP contribution in [0.3, 0.4) is 0 Å². The molecule has 2 saturated heterocycles. The Morgan fingerprint density at radius 1 is 1.40 bits per heavy atom. The Morgan fingerprint density at radius 2 is 2.04 bits per heavy atom. The van der Waals surface area contributed by atoms with E-state index in [1.54, 1.807) is 4.68 Å².